The normalized spacial score (nSPS) is 25.2. The number of carbonyl (C=O) groups excluding carboxylic acids is 5. The fourth-order valence-electron chi connectivity index (χ4n) is 8.13. The molecule has 3 saturated carbocycles. The lowest BCUT2D eigenvalue weighted by atomic mass is 9.80. The van der Waals surface area contributed by atoms with Crippen molar-refractivity contribution in [2.75, 3.05) is 11.9 Å². The first-order valence-electron chi connectivity index (χ1n) is 18.9. The van der Waals surface area contributed by atoms with Crippen molar-refractivity contribution in [3.8, 4) is 11.3 Å². The van der Waals surface area contributed by atoms with Crippen LogP contribution in [0.4, 0.5) is 10.5 Å². The molecule has 0 spiro atoms. The SMILES string of the molecule is CC(C)(C)OC(=O)NC1CC(n2ncc3cnc(-c4cn(C5CC(CNc6ccc7c(c6)C(=O)N(C6CCC(=O)NC6=O)C7=O)C5)nc4C4CC4)cc32)C1. The maximum Gasteiger partial charge on any atom is 0.407 e. The molecule has 1 atom stereocenters. The van der Waals surface area contributed by atoms with Gasteiger partial charge in [0.15, 0.2) is 0 Å². The van der Waals surface area contributed by atoms with Crippen LogP contribution in [0.25, 0.3) is 22.2 Å². The Kier molecular flexibility index (Phi) is 8.08. The summed E-state index contributed by atoms with van der Waals surface area (Å²) in [5.41, 5.74) is 4.80. The smallest absolute Gasteiger partial charge is 0.407 e. The van der Waals surface area contributed by atoms with Crippen LogP contribution in [0.1, 0.15) is 117 Å². The third kappa shape index (κ3) is 6.28. The molecule has 5 heterocycles. The van der Waals surface area contributed by atoms with E-state index in [1.54, 1.807) is 18.2 Å². The molecule has 2 aliphatic heterocycles. The average molecular weight is 734 g/mol. The first-order chi connectivity index (χ1) is 25.9. The molecule has 15 heteroatoms. The molecule has 0 radical (unpaired) electrons. The molecule has 5 amide bonds. The molecular weight excluding hydrogens is 690 g/mol. The summed E-state index contributed by atoms with van der Waals surface area (Å²) in [7, 11) is 0. The number of ether oxygens (including phenoxy) is 1. The number of nitrogens with zero attached hydrogens (tertiary/aromatic N) is 6. The summed E-state index contributed by atoms with van der Waals surface area (Å²) >= 11 is 0. The van der Waals surface area contributed by atoms with Crippen molar-refractivity contribution < 1.29 is 28.7 Å². The van der Waals surface area contributed by atoms with Gasteiger partial charge in [-0.15, -0.1) is 0 Å². The quantitative estimate of drug-likeness (QED) is 0.201. The maximum absolute atomic E-state index is 13.2. The van der Waals surface area contributed by atoms with Crippen molar-refractivity contribution in [3.05, 3.63) is 59.7 Å². The fourth-order valence-corrected chi connectivity index (χ4v) is 8.13. The van der Waals surface area contributed by atoms with Gasteiger partial charge in [0.05, 0.1) is 46.3 Å². The number of carbonyl (C=O) groups is 5. The molecular formula is C39H43N9O6. The molecule has 280 valence electrons. The van der Waals surface area contributed by atoms with Crippen LogP contribution in [0, 0.1) is 5.92 Å². The van der Waals surface area contributed by atoms with E-state index in [2.05, 4.69) is 37.6 Å². The van der Waals surface area contributed by atoms with Gasteiger partial charge in [0, 0.05) is 54.0 Å². The molecule has 15 nitrogen and oxygen atoms in total. The molecule has 3 N–H and O–H groups in total. The van der Waals surface area contributed by atoms with Crippen molar-refractivity contribution in [3.63, 3.8) is 0 Å². The number of anilines is 1. The first kappa shape index (κ1) is 34.2. The lowest BCUT2D eigenvalue weighted by molar-refractivity contribution is -0.136. The number of benzene rings is 1. The molecule has 1 saturated heterocycles. The number of hydrogen-bond acceptors (Lipinski definition) is 10. The van der Waals surface area contributed by atoms with Crippen molar-refractivity contribution in [1.82, 2.24) is 40.1 Å². The highest BCUT2D eigenvalue weighted by atomic mass is 16.6. The molecule has 9 rings (SSSR count). The number of alkyl carbamates (subject to hydrolysis) is 1. The first-order valence-corrected chi connectivity index (χ1v) is 18.9. The minimum atomic E-state index is -0.986. The third-order valence-corrected chi connectivity index (χ3v) is 11.3. The molecule has 4 aromatic rings. The van der Waals surface area contributed by atoms with Crippen molar-refractivity contribution >= 4 is 46.3 Å². The number of imide groups is 2. The van der Waals surface area contributed by atoms with Gasteiger partial charge in [0.1, 0.15) is 11.6 Å². The second-order valence-electron chi connectivity index (χ2n) is 16.4. The molecule has 5 aliphatic rings. The number of pyridine rings is 1. The van der Waals surface area contributed by atoms with E-state index in [0.717, 1.165) is 77.0 Å². The van der Waals surface area contributed by atoms with Crippen molar-refractivity contribution in [1.29, 1.82) is 0 Å². The van der Waals surface area contributed by atoms with Gasteiger partial charge in [-0.2, -0.15) is 10.2 Å². The van der Waals surface area contributed by atoms with Gasteiger partial charge in [0.25, 0.3) is 11.8 Å². The summed E-state index contributed by atoms with van der Waals surface area (Å²) in [6, 6.07) is 6.72. The van der Waals surface area contributed by atoms with E-state index in [4.69, 9.17) is 19.9 Å². The summed E-state index contributed by atoms with van der Waals surface area (Å²) in [6.07, 6.45) is 11.4. The average Bonchev–Trinajstić information content (AvgIpc) is 3.63. The van der Waals surface area contributed by atoms with E-state index in [1.165, 1.54) is 0 Å². The molecule has 3 aromatic heterocycles. The van der Waals surface area contributed by atoms with Crippen LogP contribution in [0.15, 0.2) is 42.9 Å². The summed E-state index contributed by atoms with van der Waals surface area (Å²) in [5, 5.41) is 19.4. The molecule has 1 aromatic carbocycles. The number of aromatic nitrogens is 5. The van der Waals surface area contributed by atoms with Crippen LogP contribution in [-0.2, 0) is 14.3 Å². The minimum Gasteiger partial charge on any atom is -0.444 e. The second kappa shape index (κ2) is 12.8. The largest absolute Gasteiger partial charge is 0.444 e. The molecule has 54 heavy (non-hydrogen) atoms. The van der Waals surface area contributed by atoms with Crippen molar-refractivity contribution in [2.24, 2.45) is 5.92 Å². The lowest BCUT2D eigenvalue weighted by Gasteiger charge is -2.36. The summed E-state index contributed by atoms with van der Waals surface area (Å²) in [5.74, 6) is -1.20. The highest BCUT2D eigenvalue weighted by Gasteiger charge is 2.45. The molecule has 1 unspecified atom stereocenters. The third-order valence-electron chi connectivity index (χ3n) is 11.3. The standard InChI is InChI=1S/C39H43N9O6/c1-39(2,3)54-38(53)43-24-12-26(13-24)48-32-15-30(41-17-22(32)18-42-48)29-19-46(45-34(29)21-4-5-21)25-10-20(11-25)16-40-23-6-7-27-28(14-23)37(52)47(36(27)51)31-8-9-33(49)44-35(31)50/h6-7,14-15,17-21,24-26,31,40H,4-5,8-13,16H2,1-3H3,(H,43,53)(H,44,49,50). The highest BCUT2D eigenvalue weighted by Crippen LogP contribution is 2.46. The summed E-state index contributed by atoms with van der Waals surface area (Å²) in [6.45, 7) is 6.27. The molecule has 3 aliphatic carbocycles. The summed E-state index contributed by atoms with van der Waals surface area (Å²) in [4.78, 5) is 68.4. The predicted molar refractivity (Wildman–Crippen MR) is 196 cm³/mol. The number of amides is 5. The van der Waals surface area contributed by atoms with E-state index in [1.807, 2.05) is 33.2 Å². The molecule has 4 fully saturated rings. The molecule has 0 bridgehead atoms. The number of piperidine rings is 1. The van der Waals surface area contributed by atoms with Crippen LogP contribution < -0.4 is 16.0 Å². The van der Waals surface area contributed by atoms with E-state index >= 15 is 0 Å². The maximum atomic E-state index is 13.2. The fraction of sp³-hybridized carbons (Fsp3) is 0.487. The second-order valence-corrected chi connectivity index (χ2v) is 16.4. The topological polar surface area (TPSA) is 182 Å². The van der Waals surface area contributed by atoms with Gasteiger partial charge in [-0.25, -0.2) is 4.79 Å². The Balaban J connectivity index is 0.833. The minimum absolute atomic E-state index is 0.0488. The predicted octanol–water partition coefficient (Wildman–Crippen LogP) is 4.86. The Bertz CT molecular complexity index is 2220. The zero-order chi connectivity index (χ0) is 37.5. The Hall–Kier alpha value is -5.60. The Morgan fingerprint density at radius 1 is 0.944 bits per heavy atom. The van der Waals surface area contributed by atoms with Crippen LogP contribution >= 0.6 is 0 Å². The zero-order valence-electron chi connectivity index (χ0n) is 30.5. The monoisotopic (exact) mass is 733 g/mol. The number of fused-ring (bicyclic) bond motifs is 2. The van der Waals surface area contributed by atoms with Crippen LogP contribution in [0.3, 0.4) is 0 Å². The van der Waals surface area contributed by atoms with Gasteiger partial charge in [-0.3, -0.25) is 43.7 Å². The zero-order valence-corrected chi connectivity index (χ0v) is 30.5. The van der Waals surface area contributed by atoms with Crippen LogP contribution in [0.5, 0.6) is 0 Å². The summed E-state index contributed by atoms with van der Waals surface area (Å²) < 4.78 is 9.60. The number of nitrogens with one attached hydrogen (secondary N) is 3. The number of hydrogen-bond donors (Lipinski definition) is 3. The van der Waals surface area contributed by atoms with E-state index in [0.29, 0.717) is 18.4 Å². The van der Waals surface area contributed by atoms with E-state index in [-0.39, 0.29) is 42.1 Å². The van der Waals surface area contributed by atoms with Crippen LogP contribution in [0.2, 0.25) is 0 Å². The number of rotatable bonds is 9. The van der Waals surface area contributed by atoms with Gasteiger partial charge in [-0.1, -0.05) is 0 Å². The van der Waals surface area contributed by atoms with Gasteiger partial charge in [-0.05, 0) is 95.9 Å². The van der Waals surface area contributed by atoms with Gasteiger partial charge in [0.2, 0.25) is 11.8 Å². The Labute approximate surface area is 311 Å². The lowest BCUT2D eigenvalue weighted by Crippen LogP contribution is -2.54. The Morgan fingerprint density at radius 2 is 1.72 bits per heavy atom. The van der Waals surface area contributed by atoms with E-state index < -0.39 is 41.4 Å². The highest BCUT2D eigenvalue weighted by molar-refractivity contribution is 6.23. The van der Waals surface area contributed by atoms with Crippen LogP contribution in [-0.4, -0.2) is 83.4 Å². The van der Waals surface area contributed by atoms with Gasteiger partial charge >= 0.3 is 6.09 Å². The Morgan fingerprint density at radius 3 is 2.46 bits per heavy atom. The van der Waals surface area contributed by atoms with E-state index in [9.17, 15) is 24.0 Å². The van der Waals surface area contributed by atoms with Crippen molar-refractivity contribution in [2.45, 2.75) is 108 Å². The van der Waals surface area contributed by atoms with Gasteiger partial charge < -0.3 is 15.4 Å².